The van der Waals surface area contributed by atoms with Crippen LogP contribution in [0.5, 0.6) is 5.75 Å². The number of carbonyl (C=O) groups excluding carboxylic acids is 2. The Labute approximate surface area is 168 Å². The highest BCUT2D eigenvalue weighted by Gasteiger charge is 2.17. The molecule has 142 valence electrons. The Morgan fingerprint density at radius 3 is 2.11 bits per heavy atom. The minimum Gasteiger partial charge on any atom is -0.479 e. The Hall–Kier alpha value is -3.31. The van der Waals surface area contributed by atoms with Crippen molar-refractivity contribution in [2.24, 2.45) is 0 Å². The number of nitrogens with one attached hydrogen (secondary N) is 2. The lowest BCUT2D eigenvalue weighted by Crippen LogP contribution is -2.47. The monoisotopic (exact) mass is 394 g/mol. The molecule has 28 heavy (non-hydrogen) atoms. The van der Waals surface area contributed by atoms with Gasteiger partial charge in [0.15, 0.2) is 6.10 Å². The minimum atomic E-state index is -0.833. The second-order valence-electron chi connectivity index (χ2n) is 6.08. The Bertz CT molecular complexity index is 959. The molecule has 2 amide bonds. The van der Waals surface area contributed by atoms with E-state index in [9.17, 15) is 9.59 Å². The Morgan fingerprint density at radius 2 is 1.43 bits per heavy atom. The maximum atomic E-state index is 12.2. The summed E-state index contributed by atoms with van der Waals surface area (Å²) in [6, 6.07) is 23.8. The molecule has 6 heteroatoms. The predicted molar refractivity (Wildman–Crippen MR) is 109 cm³/mol. The van der Waals surface area contributed by atoms with Crippen LogP contribution < -0.4 is 15.6 Å². The average Bonchev–Trinajstić information content (AvgIpc) is 2.74. The molecule has 5 nitrogen and oxygen atoms in total. The highest BCUT2D eigenvalue weighted by molar-refractivity contribution is 6.32. The quantitative estimate of drug-likeness (QED) is 0.636. The third-order valence-electron chi connectivity index (χ3n) is 4.06. The maximum Gasteiger partial charge on any atom is 0.279 e. The number of hydrazine groups is 1. The third-order valence-corrected chi connectivity index (χ3v) is 4.38. The first kappa shape index (κ1) is 19.5. The summed E-state index contributed by atoms with van der Waals surface area (Å²) in [7, 11) is 0. The topological polar surface area (TPSA) is 67.4 Å². The van der Waals surface area contributed by atoms with Crippen molar-refractivity contribution in [3.8, 4) is 16.9 Å². The summed E-state index contributed by atoms with van der Waals surface area (Å²) in [5, 5.41) is 0.407. The van der Waals surface area contributed by atoms with Gasteiger partial charge in [0.1, 0.15) is 5.75 Å². The molecule has 0 aliphatic carbocycles. The fourth-order valence-electron chi connectivity index (χ4n) is 2.52. The van der Waals surface area contributed by atoms with E-state index in [0.29, 0.717) is 16.3 Å². The summed E-state index contributed by atoms with van der Waals surface area (Å²) in [6.45, 7) is 1.57. The molecule has 0 aliphatic heterocycles. The molecular formula is C22H19ClN2O3. The number of hydrogen-bond donors (Lipinski definition) is 2. The molecule has 0 bridgehead atoms. The normalized spacial score (nSPS) is 11.4. The van der Waals surface area contributed by atoms with Gasteiger partial charge >= 0.3 is 0 Å². The molecule has 3 aromatic carbocycles. The molecule has 0 aromatic heterocycles. The molecule has 0 saturated carbocycles. The van der Waals surface area contributed by atoms with E-state index in [2.05, 4.69) is 10.9 Å². The SMILES string of the molecule is CC(Oc1ccccc1Cl)C(=O)NNC(=O)c1ccc(-c2ccccc2)cc1. The zero-order chi connectivity index (χ0) is 19.9. The molecule has 0 saturated heterocycles. The molecule has 0 fully saturated rings. The number of hydrogen-bond acceptors (Lipinski definition) is 3. The summed E-state index contributed by atoms with van der Waals surface area (Å²) in [6.07, 6.45) is -0.833. The number of amides is 2. The fraction of sp³-hybridized carbons (Fsp3) is 0.0909. The van der Waals surface area contributed by atoms with Crippen molar-refractivity contribution in [2.45, 2.75) is 13.0 Å². The zero-order valence-corrected chi connectivity index (χ0v) is 15.9. The molecule has 0 aliphatic rings. The number of halogens is 1. The van der Waals surface area contributed by atoms with Crippen LogP contribution in [0, 0.1) is 0 Å². The second-order valence-corrected chi connectivity index (χ2v) is 6.48. The molecule has 1 atom stereocenters. The summed E-state index contributed by atoms with van der Waals surface area (Å²) in [4.78, 5) is 24.4. The summed E-state index contributed by atoms with van der Waals surface area (Å²) < 4.78 is 5.51. The van der Waals surface area contributed by atoms with E-state index in [1.165, 1.54) is 0 Å². The van der Waals surface area contributed by atoms with Gasteiger partial charge < -0.3 is 4.74 Å². The van der Waals surface area contributed by atoms with E-state index in [1.54, 1.807) is 43.3 Å². The number of ether oxygens (including phenoxy) is 1. The molecule has 0 radical (unpaired) electrons. The van der Waals surface area contributed by atoms with Crippen molar-refractivity contribution in [2.75, 3.05) is 0 Å². The second kappa shape index (κ2) is 9.06. The van der Waals surface area contributed by atoms with Crippen molar-refractivity contribution in [1.82, 2.24) is 10.9 Å². The highest BCUT2D eigenvalue weighted by atomic mass is 35.5. The summed E-state index contributed by atoms with van der Waals surface area (Å²) in [5.41, 5.74) is 7.24. The van der Waals surface area contributed by atoms with E-state index in [4.69, 9.17) is 16.3 Å². The Balaban J connectivity index is 1.54. The fourth-order valence-corrected chi connectivity index (χ4v) is 2.70. The minimum absolute atomic E-state index is 0.398. The van der Waals surface area contributed by atoms with Gasteiger partial charge in [0.25, 0.3) is 11.8 Å². The van der Waals surface area contributed by atoms with Gasteiger partial charge in [-0.25, -0.2) is 0 Å². The van der Waals surface area contributed by atoms with Crippen LogP contribution in [0.1, 0.15) is 17.3 Å². The first-order chi connectivity index (χ1) is 13.5. The molecule has 3 aromatic rings. The average molecular weight is 395 g/mol. The molecule has 3 rings (SSSR count). The van der Waals surface area contributed by atoms with Gasteiger partial charge in [-0.1, -0.05) is 66.2 Å². The van der Waals surface area contributed by atoms with Gasteiger partial charge in [-0.15, -0.1) is 0 Å². The Morgan fingerprint density at radius 1 is 0.821 bits per heavy atom. The van der Waals surface area contributed by atoms with Crippen LogP contribution >= 0.6 is 11.6 Å². The van der Waals surface area contributed by atoms with Crippen LogP contribution in [0.25, 0.3) is 11.1 Å². The van der Waals surface area contributed by atoms with Gasteiger partial charge in [-0.3, -0.25) is 20.4 Å². The molecular weight excluding hydrogens is 376 g/mol. The first-order valence-corrected chi connectivity index (χ1v) is 9.09. The van der Waals surface area contributed by atoms with Crippen LogP contribution in [0.4, 0.5) is 0 Å². The van der Waals surface area contributed by atoms with Crippen molar-refractivity contribution < 1.29 is 14.3 Å². The highest BCUT2D eigenvalue weighted by Crippen LogP contribution is 2.24. The van der Waals surface area contributed by atoms with Crippen LogP contribution in [-0.4, -0.2) is 17.9 Å². The number of benzene rings is 3. The van der Waals surface area contributed by atoms with Crippen LogP contribution in [-0.2, 0) is 4.79 Å². The van der Waals surface area contributed by atoms with Gasteiger partial charge in [-0.05, 0) is 42.3 Å². The molecule has 2 N–H and O–H groups in total. The molecule has 0 heterocycles. The van der Waals surface area contributed by atoms with Crippen molar-refractivity contribution in [3.05, 3.63) is 89.4 Å². The lowest BCUT2D eigenvalue weighted by Gasteiger charge is -2.16. The van der Waals surface area contributed by atoms with E-state index in [0.717, 1.165) is 11.1 Å². The summed E-state index contributed by atoms with van der Waals surface area (Å²) >= 11 is 6.01. The Kier molecular flexibility index (Phi) is 6.29. The molecule has 1 unspecified atom stereocenters. The number of carbonyl (C=O) groups is 2. The predicted octanol–water partition coefficient (Wildman–Crippen LogP) is 4.24. The zero-order valence-electron chi connectivity index (χ0n) is 15.2. The third kappa shape index (κ3) is 4.90. The largest absolute Gasteiger partial charge is 0.479 e. The lowest BCUT2D eigenvalue weighted by molar-refractivity contribution is -0.128. The van der Waals surface area contributed by atoms with Crippen LogP contribution in [0.2, 0.25) is 5.02 Å². The van der Waals surface area contributed by atoms with Gasteiger partial charge in [0, 0.05) is 5.56 Å². The summed E-state index contributed by atoms with van der Waals surface area (Å²) in [5.74, 6) is -0.512. The van der Waals surface area contributed by atoms with Crippen molar-refractivity contribution >= 4 is 23.4 Å². The van der Waals surface area contributed by atoms with E-state index in [-0.39, 0.29) is 0 Å². The standard InChI is InChI=1S/C22H19ClN2O3/c1-15(28-20-10-6-5-9-19(20)23)21(26)24-25-22(27)18-13-11-17(12-14-18)16-7-3-2-4-8-16/h2-15H,1H3,(H,24,26)(H,25,27). The van der Waals surface area contributed by atoms with Crippen molar-refractivity contribution in [1.29, 1.82) is 0 Å². The number of rotatable bonds is 5. The molecule has 0 spiro atoms. The lowest BCUT2D eigenvalue weighted by atomic mass is 10.0. The van der Waals surface area contributed by atoms with Gasteiger partial charge in [-0.2, -0.15) is 0 Å². The smallest absolute Gasteiger partial charge is 0.279 e. The van der Waals surface area contributed by atoms with Crippen LogP contribution in [0.3, 0.4) is 0 Å². The van der Waals surface area contributed by atoms with Gasteiger partial charge in [0.2, 0.25) is 0 Å². The first-order valence-electron chi connectivity index (χ1n) is 8.71. The van der Waals surface area contributed by atoms with E-state index in [1.807, 2.05) is 42.5 Å². The van der Waals surface area contributed by atoms with Crippen molar-refractivity contribution in [3.63, 3.8) is 0 Å². The van der Waals surface area contributed by atoms with E-state index < -0.39 is 17.9 Å². The van der Waals surface area contributed by atoms with E-state index >= 15 is 0 Å². The maximum absolute atomic E-state index is 12.2. The van der Waals surface area contributed by atoms with Crippen LogP contribution in [0.15, 0.2) is 78.9 Å². The van der Waals surface area contributed by atoms with Gasteiger partial charge in [0.05, 0.1) is 5.02 Å². The number of para-hydroxylation sites is 1.